The summed E-state index contributed by atoms with van der Waals surface area (Å²) in [7, 11) is 0. The molecule has 0 atom stereocenters. The van der Waals surface area contributed by atoms with E-state index in [4.69, 9.17) is 0 Å². The summed E-state index contributed by atoms with van der Waals surface area (Å²) in [6.45, 7) is 2.05. The minimum absolute atomic E-state index is 0.0519. The van der Waals surface area contributed by atoms with Crippen LogP contribution in [0.25, 0.3) is 10.8 Å². The van der Waals surface area contributed by atoms with Gasteiger partial charge in [-0.3, -0.25) is 19.8 Å². The molecule has 1 aliphatic heterocycles. The Morgan fingerprint density at radius 2 is 2.04 bits per heavy atom. The number of anilines is 2. The fourth-order valence-corrected chi connectivity index (χ4v) is 4.64. The maximum absolute atomic E-state index is 12.7. The number of rotatable bonds is 6. The first-order valence-electron chi connectivity index (χ1n) is 8.27. The number of benzene rings is 2. The highest BCUT2D eigenvalue weighted by molar-refractivity contribution is 8.01. The lowest BCUT2D eigenvalue weighted by Gasteiger charge is -2.16. The van der Waals surface area contributed by atoms with Crippen molar-refractivity contribution in [2.24, 2.45) is 0 Å². The standard InChI is InChI=1S/C18H16N4O2S2/c1-2-9-25-18-21-20-17(26-18)19-14(23)10-22-13-8-4-6-11-5-3-7-12(15(11)13)16(22)24/h3-8H,2,9-10H2,1H3,(H,19,20,23). The van der Waals surface area contributed by atoms with Crippen molar-refractivity contribution in [1.82, 2.24) is 10.2 Å². The van der Waals surface area contributed by atoms with Crippen LogP contribution in [0.1, 0.15) is 23.7 Å². The van der Waals surface area contributed by atoms with Crippen molar-refractivity contribution in [2.75, 3.05) is 22.5 Å². The van der Waals surface area contributed by atoms with Crippen LogP contribution in [0.4, 0.5) is 10.8 Å². The smallest absolute Gasteiger partial charge is 0.259 e. The molecule has 0 spiro atoms. The molecule has 2 amide bonds. The van der Waals surface area contributed by atoms with Gasteiger partial charge in [0.1, 0.15) is 6.54 Å². The maximum Gasteiger partial charge on any atom is 0.259 e. The van der Waals surface area contributed by atoms with Gasteiger partial charge < -0.3 is 0 Å². The van der Waals surface area contributed by atoms with Crippen LogP contribution in [0.3, 0.4) is 0 Å². The van der Waals surface area contributed by atoms with Crippen LogP contribution in [-0.4, -0.2) is 34.3 Å². The van der Waals surface area contributed by atoms with Gasteiger partial charge in [0.25, 0.3) is 5.91 Å². The lowest BCUT2D eigenvalue weighted by Crippen LogP contribution is -2.35. The van der Waals surface area contributed by atoms with E-state index < -0.39 is 0 Å². The van der Waals surface area contributed by atoms with E-state index in [2.05, 4.69) is 22.4 Å². The van der Waals surface area contributed by atoms with Crippen LogP contribution in [0.2, 0.25) is 0 Å². The first-order valence-corrected chi connectivity index (χ1v) is 10.1. The number of carbonyl (C=O) groups is 2. The zero-order valence-corrected chi connectivity index (χ0v) is 15.7. The second-order valence-corrected chi connectivity index (χ2v) is 8.16. The largest absolute Gasteiger partial charge is 0.299 e. The summed E-state index contributed by atoms with van der Waals surface area (Å²) in [4.78, 5) is 26.7. The summed E-state index contributed by atoms with van der Waals surface area (Å²) < 4.78 is 0.830. The molecule has 0 aliphatic carbocycles. The van der Waals surface area contributed by atoms with Crippen LogP contribution < -0.4 is 10.2 Å². The number of thioether (sulfide) groups is 1. The summed E-state index contributed by atoms with van der Waals surface area (Å²) >= 11 is 2.97. The molecule has 8 heteroatoms. The molecule has 0 radical (unpaired) electrons. The number of carbonyl (C=O) groups excluding carboxylic acids is 2. The predicted molar refractivity (Wildman–Crippen MR) is 105 cm³/mol. The highest BCUT2D eigenvalue weighted by Gasteiger charge is 2.30. The number of nitrogens with zero attached hydrogens (tertiary/aromatic N) is 3. The van der Waals surface area contributed by atoms with Crippen LogP contribution in [-0.2, 0) is 4.79 Å². The summed E-state index contributed by atoms with van der Waals surface area (Å²) in [6.07, 6.45) is 1.05. The minimum atomic E-state index is -0.286. The molecule has 1 aliphatic rings. The van der Waals surface area contributed by atoms with E-state index >= 15 is 0 Å². The Bertz CT molecular complexity index is 997. The van der Waals surface area contributed by atoms with E-state index in [1.807, 2.05) is 30.3 Å². The molecule has 2 heterocycles. The molecular formula is C18H16N4O2S2. The molecule has 26 heavy (non-hydrogen) atoms. The Balaban J connectivity index is 1.50. The van der Waals surface area contributed by atoms with Gasteiger partial charge in [-0.15, -0.1) is 10.2 Å². The Hall–Kier alpha value is -2.45. The summed E-state index contributed by atoms with van der Waals surface area (Å²) in [5.74, 6) is 0.530. The van der Waals surface area contributed by atoms with E-state index in [9.17, 15) is 9.59 Å². The molecule has 132 valence electrons. The van der Waals surface area contributed by atoms with Crippen molar-refractivity contribution < 1.29 is 9.59 Å². The van der Waals surface area contributed by atoms with Gasteiger partial charge >= 0.3 is 0 Å². The van der Waals surface area contributed by atoms with E-state index in [1.165, 1.54) is 16.2 Å². The van der Waals surface area contributed by atoms with Crippen LogP contribution in [0.15, 0.2) is 40.7 Å². The molecule has 1 aromatic heterocycles. The van der Waals surface area contributed by atoms with E-state index in [0.29, 0.717) is 10.7 Å². The highest BCUT2D eigenvalue weighted by Crippen LogP contribution is 2.37. The van der Waals surface area contributed by atoms with Crippen LogP contribution in [0.5, 0.6) is 0 Å². The Labute approximate surface area is 158 Å². The first kappa shape index (κ1) is 17.0. The van der Waals surface area contributed by atoms with E-state index in [1.54, 1.807) is 17.8 Å². The Kier molecular flexibility index (Phi) is 4.60. The molecule has 2 aromatic carbocycles. The van der Waals surface area contributed by atoms with Crippen molar-refractivity contribution in [1.29, 1.82) is 0 Å². The highest BCUT2D eigenvalue weighted by atomic mass is 32.2. The van der Waals surface area contributed by atoms with Gasteiger partial charge in [-0.1, -0.05) is 54.3 Å². The lowest BCUT2D eigenvalue weighted by atomic mass is 10.1. The topological polar surface area (TPSA) is 75.2 Å². The molecule has 3 aromatic rings. The monoisotopic (exact) mass is 384 g/mol. The van der Waals surface area contributed by atoms with Gasteiger partial charge in [-0.05, 0) is 23.9 Å². The Morgan fingerprint density at radius 3 is 2.85 bits per heavy atom. The van der Waals surface area contributed by atoms with Gasteiger partial charge in [0.15, 0.2) is 4.34 Å². The zero-order valence-electron chi connectivity index (χ0n) is 14.1. The predicted octanol–water partition coefficient (Wildman–Crippen LogP) is 3.79. The third kappa shape index (κ3) is 3.06. The van der Waals surface area contributed by atoms with Crippen LogP contribution in [0, 0.1) is 0 Å². The second-order valence-electron chi connectivity index (χ2n) is 5.84. The van der Waals surface area contributed by atoms with Crippen LogP contribution >= 0.6 is 23.1 Å². The van der Waals surface area contributed by atoms with E-state index in [0.717, 1.165) is 33.0 Å². The molecule has 0 fully saturated rings. The van der Waals surface area contributed by atoms with E-state index in [-0.39, 0.29) is 18.4 Å². The van der Waals surface area contributed by atoms with Crippen molar-refractivity contribution >= 4 is 56.5 Å². The lowest BCUT2D eigenvalue weighted by molar-refractivity contribution is -0.114. The molecular weight excluding hydrogens is 368 g/mol. The zero-order chi connectivity index (χ0) is 18.1. The number of hydrogen-bond acceptors (Lipinski definition) is 6. The molecule has 4 rings (SSSR count). The molecule has 0 saturated carbocycles. The number of amides is 2. The minimum Gasteiger partial charge on any atom is -0.299 e. The van der Waals surface area contributed by atoms with Gasteiger partial charge in [-0.25, -0.2) is 0 Å². The third-order valence-corrected chi connectivity index (χ3v) is 6.21. The summed E-state index contributed by atoms with van der Waals surface area (Å²) in [5, 5.41) is 13.1. The van der Waals surface area contributed by atoms with Crippen molar-refractivity contribution in [3.8, 4) is 0 Å². The van der Waals surface area contributed by atoms with Gasteiger partial charge in [0, 0.05) is 16.7 Å². The normalized spacial score (nSPS) is 12.8. The molecule has 0 saturated heterocycles. The van der Waals surface area contributed by atoms with Gasteiger partial charge in [0.2, 0.25) is 11.0 Å². The maximum atomic E-state index is 12.7. The average molecular weight is 384 g/mol. The number of nitrogens with one attached hydrogen (secondary N) is 1. The third-order valence-electron chi connectivity index (χ3n) is 4.03. The first-order chi connectivity index (χ1) is 12.7. The van der Waals surface area contributed by atoms with Crippen molar-refractivity contribution in [3.05, 3.63) is 42.0 Å². The summed E-state index contributed by atoms with van der Waals surface area (Å²) in [5.41, 5.74) is 1.41. The van der Waals surface area contributed by atoms with Gasteiger partial charge in [-0.2, -0.15) is 0 Å². The SMILES string of the molecule is CCCSc1nnc(NC(=O)CN2C(=O)c3cccc4cccc2c34)s1. The summed E-state index contributed by atoms with van der Waals surface area (Å²) in [6, 6.07) is 11.4. The number of aromatic nitrogens is 2. The molecule has 0 bridgehead atoms. The fourth-order valence-electron chi connectivity index (χ4n) is 2.95. The molecule has 0 unspecified atom stereocenters. The fraction of sp³-hybridized carbons (Fsp3) is 0.222. The molecule has 6 nitrogen and oxygen atoms in total. The number of hydrogen-bond donors (Lipinski definition) is 1. The van der Waals surface area contributed by atoms with Gasteiger partial charge in [0.05, 0.1) is 5.69 Å². The van der Waals surface area contributed by atoms with Crippen molar-refractivity contribution in [2.45, 2.75) is 17.7 Å². The average Bonchev–Trinajstić information content (AvgIpc) is 3.20. The quantitative estimate of drug-likeness (QED) is 0.517. The Morgan fingerprint density at radius 1 is 1.23 bits per heavy atom. The molecule has 1 N–H and O–H groups in total. The van der Waals surface area contributed by atoms with Crippen molar-refractivity contribution in [3.63, 3.8) is 0 Å². The second kappa shape index (κ2) is 7.05.